The summed E-state index contributed by atoms with van der Waals surface area (Å²) in [7, 11) is 0. The molecule has 17 heavy (non-hydrogen) atoms. The summed E-state index contributed by atoms with van der Waals surface area (Å²) >= 11 is 0. The third-order valence-electron chi connectivity index (χ3n) is 2.77. The molecule has 1 atom stereocenters. The number of carboxylic acid groups (broad SMARTS) is 1. The molecule has 0 fully saturated rings. The van der Waals surface area contributed by atoms with Crippen molar-refractivity contribution in [3.63, 3.8) is 0 Å². The first-order chi connectivity index (χ1) is 7.99. The number of anilines is 1. The lowest BCUT2D eigenvalue weighted by molar-refractivity contribution is -0.117. The fourth-order valence-electron chi connectivity index (χ4n) is 2.09. The van der Waals surface area contributed by atoms with E-state index in [1.165, 1.54) is 6.07 Å². The molecule has 1 aliphatic rings. The van der Waals surface area contributed by atoms with Crippen molar-refractivity contribution in [3.8, 4) is 5.75 Å². The van der Waals surface area contributed by atoms with Gasteiger partial charge in [-0.3, -0.25) is 4.79 Å². The topological polar surface area (TPSA) is 75.6 Å². The first-order valence-corrected chi connectivity index (χ1v) is 5.34. The minimum atomic E-state index is -1.37. The summed E-state index contributed by atoms with van der Waals surface area (Å²) in [5.74, 6) is 0.176. The highest BCUT2D eigenvalue weighted by molar-refractivity contribution is 6.03. The molecular weight excluding hydrogens is 222 g/mol. The highest BCUT2D eigenvalue weighted by Gasteiger charge is 2.33. The van der Waals surface area contributed by atoms with Gasteiger partial charge in [-0.05, 0) is 17.5 Å². The predicted molar refractivity (Wildman–Crippen MR) is 61.3 cm³/mol. The molecule has 1 amide bonds. The van der Waals surface area contributed by atoms with Crippen LogP contribution in [0, 0.1) is 5.92 Å². The molecule has 1 aromatic carbocycles. The van der Waals surface area contributed by atoms with E-state index in [0.29, 0.717) is 5.69 Å². The normalized spacial score (nSPS) is 17.8. The van der Waals surface area contributed by atoms with Gasteiger partial charge in [0.25, 0.3) is 0 Å². The van der Waals surface area contributed by atoms with Gasteiger partial charge >= 0.3 is 6.16 Å². The Hall–Kier alpha value is -2.04. The van der Waals surface area contributed by atoms with Crippen LogP contribution in [0.15, 0.2) is 18.2 Å². The Labute approximate surface area is 98.4 Å². The molecule has 0 saturated heterocycles. The summed E-state index contributed by atoms with van der Waals surface area (Å²) in [6.45, 7) is 3.95. The number of rotatable bonds is 2. The van der Waals surface area contributed by atoms with Crippen LogP contribution in [0.4, 0.5) is 10.5 Å². The Morgan fingerprint density at radius 1 is 1.47 bits per heavy atom. The van der Waals surface area contributed by atoms with Crippen molar-refractivity contribution in [1.29, 1.82) is 0 Å². The zero-order chi connectivity index (χ0) is 12.6. The van der Waals surface area contributed by atoms with Crippen LogP contribution >= 0.6 is 0 Å². The lowest BCUT2D eigenvalue weighted by Gasteiger charge is -2.12. The summed E-state index contributed by atoms with van der Waals surface area (Å²) in [6, 6.07) is 4.82. The summed E-state index contributed by atoms with van der Waals surface area (Å²) in [4.78, 5) is 22.1. The molecule has 2 rings (SSSR count). The maximum absolute atomic E-state index is 11.7. The summed E-state index contributed by atoms with van der Waals surface area (Å²) in [5, 5.41) is 11.2. The minimum Gasteiger partial charge on any atom is -0.449 e. The first kappa shape index (κ1) is 11.4. The molecular formula is C12H13NO4. The second-order valence-electron chi connectivity index (χ2n) is 4.33. The Bertz CT molecular complexity index is 481. The third kappa shape index (κ3) is 2.08. The standard InChI is InChI=1S/C12H13NO4/c1-6(2)10-8-4-3-7(17-12(15)16)5-9(8)13-11(10)14/h3-6,10H,1-2H3,(H,13,14)(H,15,16). The molecule has 0 spiro atoms. The second kappa shape index (κ2) is 4.08. The van der Waals surface area contributed by atoms with Gasteiger partial charge in [-0.15, -0.1) is 0 Å². The molecule has 2 N–H and O–H groups in total. The molecule has 1 aliphatic heterocycles. The maximum Gasteiger partial charge on any atom is 0.511 e. The number of hydrogen-bond donors (Lipinski definition) is 2. The van der Waals surface area contributed by atoms with Gasteiger partial charge in [0, 0.05) is 11.8 Å². The van der Waals surface area contributed by atoms with E-state index in [0.717, 1.165) is 5.56 Å². The Morgan fingerprint density at radius 3 is 2.76 bits per heavy atom. The Kier molecular flexibility index (Phi) is 2.75. The van der Waals surface area contributed by atoms with Crippen molar-refractivity contribution in [3.05, 3.63) is 23.8 Å². The largest absolute Gasteiger partial charge is 0.511 e. The zero-order valence-electron chi connectivity index (χ0n) is 9.56. The molecule has 0 bridgehead atoms. The number of carbonyl (C=O) groups excluding carboxylic acids is 1. The van der Waals surface area contributed by atoms with Crippen molar-refractivity contribution < 1.29 is 19.4 Å². The van der Waals surface area contributed by atoms with Crippen molar-refractivity contribution in [2.24, 2.45) is 5.92 Å². The third-order valence-corrected chi connectivity index (χ3v) is 2.77. The van der Waals surface area contributed by atoms with Crippen molar-refractivity contribution in [2.45, 2.75) is 19.8 Å². The van der Waals surface area contributed by atoms with Crippen LogP contribution in [0.1, 0.15) is 25.3 Å². The van der Waals surface area contributed by atoms with Crippen LogP contribution < -0.4 is 10.1 Å². The average Bonchev–Trinajstić information content (AvgIpc) is 2.51. The lowest BCUT2D eigenvalue weighted by atomic mass is 9.90. The van der Waals surface area contributed by atoms with E-state index in [1.54, 1.807) is 12.1 Å². The zero-order valence-corrected chi connectivity index (χ0v) is 9.56. The van der Waals surface area contributed by atoms with Gasteiger partial charge < -0.3 is 15.2 Å². The first-order valence-electron chi connectivity index (χ1n) is 5.34. The second-order valence-corrected chi connectivity index (χ2v) is 4.33. The maximum atomic E-state index is 11.7. The predicted octanol–water partition coefficient (Wildman–Crippen LogP) is 2.44. The molecule has 0 aromatic heterocycles. The van der Waals surface area contributed by atoms with Gasteiger partial charge in [0.05, 0.1) is 5.92 Å². The fourth-order valence-corrected chi connectivity index (χ4v) is 2.09. The van der Waals surface area contributed by atoms with Crippen LogP contribution in [-0.2, 0) is 4.79 Å². The van der Waals surface area contributed by atoms with Crippen molar-refractivity contribution in [2.75, 3.05) is 5.32 Å². The number of carbonyl (C=O) groups is 2. The van der Waals surface area contributed by atoms with Crippen LogP contribution in [0.3, 0.4) is 0 Å². The number of ether oxygens (including phenoxy) is 1. The number of amides is 1. The SMILES string of the molecule is CC(C)C1C(=O)Nc2cc(OC(=O)O)ccc21. The number of fused-ring (bicyclic) bond motifs is 1. The van der Waals surface area contributed by atoms with Gasteiger partial charge in [0.1, 0.15) is 5.75 Å². The van der Waals surface area contributed by atoms with E-state index in [1.807, 2.05) is 13.8 Å². The van der Waals surface area contributed by atoms with E-state index in [-0.39, 0.29) is 23.5 Å². The lowest BCUT2D eigenvalue weighted by Crippen LogP contribution is -2.16. The molecule has 0 saturated carbocycles. The summed E-state index contributed by atoms with van der Waals surface area (Å²) in [6.07, 6.45) is -1.37. The van der Waals surface area contributed by atoms with Gasteiger partial charge in [-0.1, -0.05) is 19.9 Å². The number of nitrogens with one attached hydrogen (secondary N) is 1. The minimum absolute atomic E-state index is 0.0533. The van der Waals surface area contributed by atoms with Crippen molar-refractivity contribution >= 4 is 17.7 Å². The monoisotopic (exact) mass is 235 g/mol. The van der Waals surface area contributed by atoms with Gasteiger partial charge in [0.15, 0.2) is 0 Å². The summed E-state index contributed by atoms with van der Waals surface area (Å²) < 4.78 is 4.54. The van der Waals surface area contributed by atoms with Gasteiger partial charge in [0.2, 0.25) is 5.91 Å². The van der Waals surface area contributed by atoms with Gasteiger partial charge in [-0.25, -0.2) is 4.79 Å². The Balaban J connectivity index is 2.34. The van der Waals surface area contributed by atoms with E-state index < -0.39 is 6.16 Å². The van der Waals surface area contributed by atoms with Gasteiger partial charge in [-0.2, -0.15) is 0 Å². The average molecular weight is 235 g/mol. The van der Waals surface area contributed by atoms with Crippen LogP contribution in [-0.4, -0.2) is 17.2 Å². The molecule has 90 valence electrons. The highest BCUT2D eigenvalue weighted by atomic mass is 16.7. The van der Waals surface area contributed by atoms with E-state index in [2.05, 4.69) is 10.1 Å². The molecule has 5 heteroatoms. The quantitative estimate of drug-likeness (QED) is 0.609. The van der Waals surface area contributed by atoms with Crippen LogP contribution in [0.25, 0.3) is 0 Å². The Morgan fingerprint density at radius 2 is 2.18 bits per heavy atom. The van der Waals surface area contributed by atoms with Crippen molar-refractivity contribution in [1.82, 2.24) is 0 Å². The molecule has 0 aliphatic carbocycles. The number of hydrogen-bond acceptors (Lipinski definition) is 3. The fraction of sp³-hybridized carbons (Fsp3) is 0.333. The molecule has 1 unspecified atom stereocenters. The van der Waals surface area contributed by atoms with E-state index in [4.69, 9.17) is 5.11 Å². The molecule has 1 aromatic rings. The molecule has 0 radical (unpaired) electrons. The van der Waals surface area contributed by atoms with Crippen LogP contribution in [0.5, 0.6) is 5.75 Å². The molecule has 1 heterocycles. The summed E-state index contributed by atoms with van der Waals surface area (Å²) in [5.41, 5.74) is 1.52. The van der Waals surface area contributed by atoms with Crippen LogP contribution in [0.2, 0.25) is 0 Å². The van der Waals surface area contributed by atoms with E-state index >= 15 is 0 Å². The van der Waals surface area contributed by atoms with E-state index in [9.17, 15) is 9.59 Å². The highest BCUT2D eigenvalue weighted by Crippen LogP contribution is 2.38. The number of benzene rings is 1. The molecule has 5 nitrogen and oxygen atoms in total. The smallest absolute Gasteiger partial charge is 0.449 e.